The molecule has 5 heteroatoms. The summed E-state index contributed by atoms with van der Waals surface area (Å²) in [7, 11) is 0. The number of carbonyl (C=O) groups excluding carboxylic acids is 2. The predicted octanol–water partition coefficient (Wildman–Crippen LogP) is 9.04. The third-order valence-electron chi connectivity index (χ3n) is 8.32. The summed E-state index contributed by atoms with van der Waals surface area (Å²) in [5, 5.41) is 2.12. The summed E-state index contributed by atoms with van der Waals surface area (Å²) in [6.07, 6.45) is 0. The molecule has 0 fully saturated rings. The van der Waals surface area contributed by atoms with Gasteiger partial charge in [-0.1, -0.05) is 77.9 Å². The third-order valence-corrected chi connectivity index (χ3v) is 8.32. The highest BCUT2D eigenvalue weighted by molar-refractivity contribution is 6.36. The molecule has 202 valence electrons. The zero-order valence-corrected chi connectivity index (χ0v) is 23.8. The molecule has 0 saturated heterocycles. The number of hydrogen-bond donors (Lipinski definition) is 0. The fourth-order valence-corrected chi connectivity index (χ4v) is 6.62. The maximum Gasteiger partial charge on any atom is 0.268 e. The van der Waals surface area contributed by atoms with Crippen molar-refractivity contribution in [3.8, 4) is 16.8 Å². The van der Waals surface area contributed by atoms with Crippen molar-refractivity contribution in [3.63, 3.8) is 0 Å². The van der Waals surface area contributed by atoms with E-state index in [1.54, 1.807) is 6.07 Å². The van der Waals surface area contributed by atoms with E-state index in [0.29, 0.717) is 28.2 Å². The van der Waals surface area contributed by atoms with E-state index in [9.17, 15) is 9.59 Å². The topological polar surface area (TPSA) is 46.7 Å². The Bertz CT molecular complexity index is 2170. The van der Waals surface area contributed by atoms with E-state index in [4.69, 9.17) is 6.57 Å². The Morgan fingerprint density at radius 2 is 1.38 bits per heavy atom. The van der Waals surface area contributed by atoms with E-state index in [2.05, 4.69) is 39.7 Å². The largest absolute Gasteiger partial charge is 0.308 e. The summed E-state index contributed by atoms with van der Waals surface area (Å²) in [5.74, 6) is -0.614. The van der Waals surface area contributed by atoms with Gasteiger partial charge in [-0.05, 0) is 74.2 Å². The number of benzene rings is 5. The smallest absolute Gasteiger partial charge is 0.268 e. The van der Waals surface area contributed by atoms with Gasteiger partial charge in [0.15, 0.2) is 5.69 Å². The number of hydrogen-bond acceptors (Lipinski definition) is 2. The summed E-state index contributed by atoms with van der Waals surface area (Å²) >= 11 is 0. The van der Waals surface area contributed by atoms with E-state index in [0.717, 1.165) is 55.2 Å². The first kappa shape index (κ1) is 25.5. The highest BCUT2D eigenvalue weighted by Crippen LogP contribution is 2.40. The predicted molar refractivity (Wildman–Crippen MR) is 169 cm³/mol. The minimum atomic E-state index is -0.312. The number of carbonyl (C=O) groups is 2. The van der Waals surface area contributed by atoms with Crippen LogP contribution in [-0.4, -0.2) is 16.4 Å². The van der Waals surface area contributed by atoms with E-state index < -0.39 is 0 Å². The van der Waals surface area contributed by atoms with E-state index in [1.807, 2.05) is 82.3 Å². The Morgan fingerprint density at radius 3 is 2.12 bits per heavy atom. The molecule has 6 aromatic rings. The lowest BCUT2D eigenvalue weighted by Crippen LogP contribution is -2.31. The molecule has 0 aliphatic carbocycles. The van der Waals surface area contributed by atoms with Crippen molar-refractivity contribution in [1.29, 1.82) is 0 Å². The summed E-state index contributed by atoms with van der Waals surface area (Å²) in [6, 6.07) is 29.8. The first-order valence-corrected chi connectivity index (χ1v) is 13.9. The SMILES string of the molecule is [C-]#[N+]c1ccc(-c2ccc3c4ccccc4n(-c4cccc5c4C(=O)N(c4c(C)cc(C)cc4C)C5=O)c3c2)c(C)c1. The minimum Gasteiger partial charge on any atom is -0.308 e. The molecule has 0 radical (unpaired) electrons. The van der Waals surface area contributed by atoms with Gasteiger partial charge >= 0.3 is 0 Å². The van der Waals surface area contributed by atoms with Crippen LogP contribution in [0, 0.1) is 34.3 Å². The van der Waals surface area contributed by atoms with Crippen LogP contribution in [0.1, 0.15) is 43.0 Å². The zero-order valence-electron chi connectivity index (χ0n) is 23.8. The molecule has 7 rings (SSSR count). The Morgan fingerprint density at radius 1 is 0.643 bits per heavy atom. The molecule has 0 spiro atoms. The quantitative estimate of drug-likeness (QED) is 0.165. The Balaban J connectivity index is 1.48. The summed E-state index contributed by atoms with van der Waals surface area (Å²) in [5.41, 5.74) is 10.6. The monoisotopic (exact) mass is 545 g/mol. The molecule has 0 atom stereocenters. The maximum atomic E-state index is 14.2. The number of aromatic nitrogens is 1. The number of para-hydroxylation sites is 1. The van der Waals surface area contributed by atoms with Gasteiger partial charge in [0.2, 0.25) is 0 Å². The summed E-state index contributed by atoms with van der Waals surface area (Å²) in [4.78, 5) is 33.0. The van der Waals surface area contributed by atoms with Crippen LogP contribution in [0.4, 0.5) is 11.4 Å². The van der Waals surface area contributed by atoms with Gasteiger partial charge in [0.25, 0.3) is 11.8 Å². The van der Waals surface area contributed by atoms with Gasteiger partial charge in [0.1, 0.15) is 0 Å². The lowest BCUT2D eigenvalue weighted by Gasteiger charge is -2.20. The number of anilines is 1. The second-order valence-corrected chi connectivity index (χ2v) is 11.1. The lowest BCUT2D eigenvalue weighted by atomic mass is 9.98. The number of aryl methyl sites for hydroxylation is 4. The average Bonchev–Trinajstić information content (AvgIpc) is 3.43. The van der Waals surface area contributed by atoms with Crippen LogP contribution in [0.25, 0.3) is 43.5 Å². The van der Waals surface area contributed by atoms with E-state index in [1.165, 1.54) is 4.90 Å². The molecular weight excluding hydrogens is 518 g/mol. The number of fused-ring (bicyclic) bond motifs is 4. The zero-order chi connectivity index (χ0) is 29.3. The second kappa shape index (κ2) is 9.29. The van der Waals surface area contributed by atoms with Crippen LogP contribution >= 0.6 is 0 Å². The van der Waals surface area contributed by atoms with Gasteiger partial charge in [0, 0.05) is 10.8 Å². The minimum absolute atomic E-state index is 0.302. The van der Waals surface area contributed by atoms with Crippen molar-refractivity contribution in [2.75, 3.05) is 4.90 Å². The van der Waals surface area contributed by atoms with Gasteiger partial charge in [-0.15, -0.1) is 0 Å². The van der Waals surface area contributed by atoms with Crippen LogP contribution in [0.3, 0.4) is 0 Å². The molecule has 1 aliphatic rings. The highest BCUT2D eigenvalue weighted by Gasteiger charge is 2.40. The molecule has 2 amide bonds. The van der Waals surface area contributed by atoms with Crippen LogP contribution in [0.2, 0.25) is 0 Å². The summed E-state index contributed by atoms with van der Waals surface area (Å²) < 4.78 is 2.11. The van der Waals surface area contributed by atoms with Gasteiger partial charge < -0.3 is 4.57 Å². The molecule has 5 nitrogen and oxygen atoms in total. The van der Waals surface area contributed by atoms with Gasteiger partial charge in [0.05, 0.1) is 40.1 Å². The molecule has 0 saturated carbocycles. The number of imide groups is 1. The molecule has 0 unspecified atom stereocenters. The Labute approximate surface area is 244 Å². The number of amides is 2. The normalized spacial score (nSPS) is 12.8. The first-order valence-electron chi connectivity index (χ1n) is 13.9. The fraction of sp³-hybridized carbons (Fsp3) is 0.108. The van der Waals surface area contributed by atoms with E-state index >= 15 is 0 Å². The fourth-order valence-electron chi connectivity index (χ4n) is 6.62. The third kappa shape index (κ3) is 3.62. The Hall–Kier alpha value is -5.47. The molecule has 42 heavy (non-hydrogen) atoms. The van der Waals surface area contributed by atoms with Crippen molar-refractivity contribution in [2.45, 2.75) is 27.7 Å². The average molecular weight is 546 g/mol. The molecule has 1 aliphatic heterocycles. The van der Waals surface area contributed by atoms with Crippen molar-refractivity contribution >= 4 is 45.0 Å². The van der Waals surface area contributed by atoms with Crippen LogP contribution < -0.4 is 4.90 Å². The van der Waals surface area contributed by atoms with Crippen molar-refractivity contribution in [2.24, 2.45) is 0 Å². The van der Waals surface area contributed by atoms with Crippen molar-refractivity contribution in [1.82, 2.24) is 4.57 Å². The maximum absolute atomic E-state index is 14.2. The molecule has 2 heterocycles. The molecule has 0 bridgehead atoms. The molecule has 0 N–H and O–H groups in total. The van der Waals surface area contributed by atoms with Gasteiger partial charge in [-0.25, -0.2) is 9.74 Å². The molecule has 1 aromatic heterocycles. The molecular formula is C37H27N3O2. The van der Waals surface area contributed by atoms with Crippen LogP contribution in [0.5, 0.6) is 0 Å². The standard InChI is InChI=1S/C37H27N3O2/c1-21-17-23(3)35(24(4)18-21)40-36(41)30-10-8-12-32(34(30)37(40)42)39-31-11-7-6-9-28(31)29-15-13-25(20-33(29)39)27-16-14-26(38-5)19-22(27)2/h6-20H,1-4H3. The number of nitrogens with zero attached hydrogens (tertiary/aromatic N) is 3. The van der Waals surface area contributed by atoms with E-state index in [-0.39, 0.29) is 11.8 Å². The van der Waals surface area contributed by atoms with Gasteiger partial charge in [-0.3, -0.25) is 9.59 Å². The first-order chi connectivity index (χ1) is 20.3. The van der Waals surface area contributed by atoms with Gasteiger partial charge in [-0.2, -0.15) is 0 Å². The Kier molecular flexibility index (Phi) is 5.64. The number of rotatable bonds is 3. The highest BCUT2D eigenvalue weighted by atomic mass is 16.2. The summed E-state index contributed by atoms with van der Waals surface area (Å²) in [6.45, 7) is 15.3. The van der Waals surface area contributed by atoms with Crippen molar-refractivity contribution < 1.29 is 9.59 Å². The van der Waals surface area contributed by atoms with Crippen molar-refractivity contribution in [3.05, 3.63) is 136 Å². The molecule has 5 aromatic carbocycles. The second-order valence-electron chi connectivity index (χ2n) is 11.1. The van der Waals surface area contributed by atoms with Crippen LogP contribution in [0.15, 0.2) is 91.0 Å². The van der Waals surface area contributed by atoms with Crippen LogP contribution in [-0.2, 0) is 0 Å². The lowest BCUT2D eigenvalue weighted by molar-refractivity contribution is 0.0925.